The first-order valence-electron chi connectivity index (χ1n) is 3.63. The molecule has 0 amide bonds. The Kier molecular flexibility index (Phi) is 1.45. The Bertz CT molecular complexity index is 567. The number of nitrogens with one attached hydrogen (secondary N) is 1. The normalized spacial score (nSPS) is 10.5. The molecular formula is C8H6N2O3. The lowest BCUT2D eigenvalue weighted by Crippen LogP contribution is -2.28. The van der Waals surface area contributed by atoms with E-state index in [1.165, 1.54) is 12.1 Å². The van der Waals surface area contributed by atoms with Crippen molar-refractivity contribution >= 4 is 10.9 Å². The lowest BCUT2D eigenvalue weighted by Gasteiger charge is -1.99. The fraction of sp³-hybridized carbons (Fsp3) is 0. The predicted molar refractivity (Wildman–Crippen MR) is 46.0 cm³/mol. The van der Waals surface area contributed by atoms with E-state index in [-0.39, 0.29) is 10.9 Å². The number of rotatable bonds is 0. The lowest BCUT2D eigenvalue weighted by atomic mass is 10.2. The van der Waals surface area contributed by atoms with E-state index in [1.54, 1.807) is 12.1 Å². The van der Waals surface area contributed by atoms with Crippen molar-refractivity contribution in [3.8, 4) is 0 Å². The first-order valence-corrected chi connectivity index (χ1v) is 3.63. The zero-order chi connectivity index (χ0) is 9.42. The minimum atomic E-state index is -0.830. The molecule has 0 fully saturated rings. The maximum Gasteiger partial charge on any atom is 0.361 e. The summed E-state index contributed by atoms with van der Waals surface area (Å²) in [5.41, 5.74) is -1.12. The van der Waals surface area contributed by atoms with Crippen molar-refractivity contribution in [2.45, 2.75) is 0 Å². The molecular weight excluding hydrogens is 172 g/mol. The molecule has 0 spiro atoms. The van der Waals surface area contributed by atoms with Crippen molar-refractivity contribution in [2.75, 3.05) is 0 Å². The van der Waals surface area contributed by atoms with Crippen molar-refractivity contribution in [3.63, 3.8) is 0 Å². The summed E-state index contributed by atoms with van der Waals surface area (Å²) >= 11 is 0. The zero-order valence-corrected chi connectivity index (χ0v) is 6.52. The quantitative estimate of drug-likeness (QED) is 0.554. The van der Waals surface area contributed by atoms with Crippen LogP contribution in [-0.4, -0.2) is 14.9 Å². The Morgan fingerprint density at radius 1 is 1.23 bits per heavy atom. The van der Waals surface area contributed by atoms with Crippen molar-refractivity contribution < 1.29 is 5.21 Å². The van der Waals surface area contributed by atoms with Gasteiger partial charge in [-0.2, -0.15) is 0 Å². The Hall–Kier alpha value is -2.04. The third kappa shape index (κ3) is 1.01. The molecule has 0 bridgehead atoms. The van der Waals surface area contributed by atoms with Crippen LogP contribution in [0.25, 0.3) is 10.9 Å². The third-order valence-electron chi connectivity index (χ3n) is 1.79. The van der Waals surface area contributed by atoms with Gasteiger partial charge in [-0.05, 0) is 12.1 Å². The van der Waals surface area contributed by atoms with E-state index < -0.39 is 11.2 Å². The summed E-state index contributed by atoms with van der Waals surface area (Å²) < 4.78 is 0.413. The second-order valence-corrected chi connectivity index (χ2v) is 2.59. The molecule has 0 saturated heterocycles. The summed E-state index contributed by atoms with van der Waals surface area (Å²) in [5.74, 6) is 0. The van der Waals surface area contributed by atoms with Crippen LogP contribution in [-0.2, 0) is 0 Å². The Morgan fingerprint density at radius 3 is 2.69 bits per heavy atom. The summed E-state index contributed by atoms with van der Waals surface area (Å²) in [4.78, 5) is 24.1. The van der Waals surface area contributed by atoms with E-state index in [0.29, 0.717) is 4.73 Å². The molecule has 1 aromatic carbocycles. The first-order chi connectivity index (χ1) is 6.20. The maximum atomic E-state index is 11.2. The topological polar surface area (TPSA) is 75.1 Å². The number of benzene rings is 1. The lowest BCUT2D eigenvalue weighted by molar-refractivity contribution is 0.183. The van der Waals surface area contributed by atoms with Gasteiger partial charge in [-0.15, -0.1) is 4.73 Å². The molecule has 66 valence electrons. The molecule has 0 atom stereocenters. The zero-order valence-electron chi connectivity index (χ0n) is 6.52. The fourth-order valence-electron chi connectivity index (χ4n) is 1.18. The smallest absolute Gasteiger partial charge is 0.361 e. The summed E-state index contributed by atoms with van der Waals surface area (Å²) in [6, 6.07) is 6.31. The highest BCUT2D eigenvalue weighted by Gasteiger charge is 2.03. The monoisotopic (exact) mass is 178 g/mol. The molecule has 0 radical (unpaired) electrons. The number of hydrogen-bond acceptors (Lipinski definition) is 3. The van der Waals surface area contributed by atoms with Gasteiger partial charge in [-0.3, -0.25) is 9.78 Å². The van der Waals surface area contributed by atoms with E-state index in [1.807, 2.05) is 4.98 Å². The number of aromatic nitrogens is 2. The summed E-state index contributed by atoms with van der Waals surface area (Å²) in [6.45, 7) is 0. The van der Waals surface area contributed by atoms with Gasteiger partial charge in [-0.25, -0.2) is 4.79 Å². The number of fused-ring (bicyclic) bond motifs is 1. The molecule has 1 heterocycles. The van der Waals surface area contributed by atoms with Gasteiger partial charge in [0.05, 0.1) is 10.9 Å². The largest absolute Gasteiger partial charge is 0.424 e. The average molecular weight is 178 g/mol. The summed E-state index contributed by atoms with van der Waals surface area (Å²) in [7, 11) is 0. The second kappa shape index (κ2) is 2.48. The van der Waals surface area contributed by atoms with Crippen LogP contribution < -0.4 is 11.2 Å². The highest BCUT2D eigenvalue weighted by Crippen LogP contribution is 2.03. The Labute approximate surface area is 71.8 Å². The van der Waals surface area contributed by atoms with Crippen LogP contribution in [0.5, 0.6) is 0 Å². The van der Waals surface area contributed by atoms with E-state index in [4.69, 9.17) is 0 Å². The number of para-hydroxylation sites is 1. The van der Waals surface area contributed by atoms with Crippen molar-refractivity contribution in [1.29, 1.82) is 0 Å². The van der Waals surface area contributed by atoms with Gasteiger partial charge in [0.1, 0.15) is 0 Å². The molecule has 13 heavy (non-hydrogen) atoms. The molecule has 0 saturated carbocycles. The second-order valence-electron chi connectivity index (χ2n) is 2.59. The van der Waals surface area contributed by atoms with Gasteiger partial charge >= 0.3 is 5.69 Å². The van der Waals surface area contributed by atoms with E-state index in [2.05, 4.69) is 0 Å². The van der Waals surface area contributed by atoms with E-state index in [9.17, 15) is 14.8 Å². The highest BCUT2D eigenvalue weighted by atomic mass is 16.5. The molecule has 0 aliphatic carbocycles. The Morgan fingerprint density at radius 2 is 1.92 bits per heavy atom. The average Bonchev–Trinajstić information content (AvgIpc) is 2.15. The van der Waals surface area contributed by atoms with Gasteiger partial charge < -0.3 is 5.21 Å². The van der Waals surface area contributed by atoms with Crippen molar-refractivity contribution in [3.05, 3.63) is 45.1 Å². The van der Waals surface area contributed by atoms with Crippen LogP contribution in [0.1, 0.15) is 0 Å². The summed E-state index contributed by atoms with van der Waals surface area (Å²) in [5, 5.41) is 9.50. The molecule has 0 aliphatic heterocycles. The van der Waals surface area contributed by atoms with Gasteiger partial charge in [0.25, 0.3) is 5.56 Å². The number of aromatic amines is 1. The van der Waals surface area contributed by atoms with Crippen LogP contribution >= 0.6 is 0 Å². The first kappa shape index (κ1) is 7.60. The maximum absolute atomic E-state index is 11.2. The van der Waals surface area contributed by atoms with Crippen LogP contribution in [0.15, 0.2) is 33.9 Å². The van der Waals surface area contributed by atoms with Crippen molar-refractivity contribution in [2.24, 2.45) is 0 Å². The molecule has 0 unspecified atom stereocenters. The standard InChI is InChI=1S/C8H6N2O3/c11-7-5-3-1-2-4-6(5)10(13)8(12)9-7/h1-4,13H,(H,9,11,12). The molecule has 5 heteroatoms. The molecule has 2 N–H and O–H groups in total. The molecule has 2 aromatic rings. The number of H-pyrrole nitrogens is 1. The van der Waals surface area contributed by atoms with Crippen LogP contribution in [0.4, 0.5) is 0 Å². The minimum Gasteiger partial charge on any atom is -0.424 e. The van der Waals surface area contributed by atoms with Crippen LogP contribution in [0, 0.1) is 0 Å². The Balaban J connectivity index is 3.15. The van der Waals surface area contributed by atoms with Gasteiger partial charge in [0.15, 0.2) is 0 Å². The van der Waals surface area contributed by atoms with Crippen LogP contribution in [0.2, 0.25) is 0 Å². The number of nitrogens with zero attached hydrogens (tertiary/aromatic N) is 1. The molecule has 5 nitrogen and oxygen atoms in total. The van der Waals surface area contributed by atoms with Crippen LogP contribution in [0.3, 0.4) is 0 Å². The molecule has 0 aliphatic rings. The van der Waals surface area contributed by atoms with Crippen molar-refractivity contribution in [1.82, 2.24) is 9.71 Å². The van der Waals surface area contributed by atoms with E-state index in [0.717, 1.165) is 0 Å². The molecule has 1 aromatic heterocycles. The van der Waals surface area contributed by atoms with E-state index >= 15 is 0 Å². The predicted octanol–water partition coefficient (Wildman–Crippen LogP) is -0.0729. The van der Waals surface area contributed by atoms with Gasteiger partial charge in [0.2, 0.25) is 0 Å². The highest BCUT2D eigenvalue weighted by molar-refractivity contribution is 5.77. The van der Waals surface area contributed by atoms with Gasteiger partial charge in [-0.1, -0.05) is 12.1 Å². The third-order valence-corrected chi connectivity index (χ3v) is 1.79. The minimum absolute atomic E-state index is 0.205. The molecule has 2 rings (SSSR count). The SMILES string of the molecule is O=c1[nH]c(=O)n(O)c2ccccc12. The van der Waals surface area contributed by atoms with Gasteiger partial charge in [0, 0.05) is 0 Å². The fourth-order valence-corrected chi connectivity index (χ4v) is 1.18. The summed E-state index contributed by atoms with van der Waals surface area (Å²) in [6.07, 6.45) is 0. The number of hydrogen-bond donors (Lipinski definition) is 2.